The van der Waals surface area contributed by atoms with Gasteiger partial charge in [-0.15, -0.1) is 0 Å². The van der Waals surface area contributed by atoms with Gasteiger partial charge in [-0.05, 0) is 118 Å². The lowest BCUT2D eigenvalue weighted by Crippen LogP contribution is -1.92. The summed E-state index contributed by atoms with van der Waals surface area (Å²) in [7, 11) is 0. The van der Waals surface area contributed by atoms with Gasteiger partial charge >= 0.3 is 0 Å². The standard InChI is InChI=1S/C42H35F/c1-4-5-6-31-9-11-32(12-10-31)13-24-41-30(3)25-40(28-42(41)43)35-18-16-34(17-19-35)37-21-23-38-26-36(20-22-39(38)27-37)33-14-7-29(2)8-15-33/h7-12,14-23,25-28H,4-6H2,1-3H3. The van der Waals surface area contributed by atoms with Crippen molar-refractivity contribution in [2.75, 3.05) is 0 Å². The Morgan fingerprint density at radius 3 is 1.63 bits per heavy atom. The number of rotatable bonds is 6. The van der Waals surface area contributed by atoms with Crippen molar-refractivity contribution in [3.8, 4) is 45.2 Å². The van der Waals surface area contributed by atoms with Crippen LogP contribution in [-0.2, 0) is 6.42 Å². The largest absolute Gasteiger partial charge is 0.206 e. The lowest BCUT2D eigenvalue weighted by molar-refractivity contribution is 0.623. The zero-order valence-electron chi connectivity index (χ0n) is 25.0. The molecule has 0 fully saturated rings. The third-order valence-corrected chi connectivity index (χ3v) is 8.17. The number of aryl methyl sites for hydroxylation is 3. The van der Waals surface area contributed by atoms with E-state index in [9.17, 15) is 0 Å². The lowest BCUT2D eigenvalue weighted by Gasteiger charge is -2.10. The molecule has 6 rings (SSSR count). The molecule has 1 heteroatoms. The second kappa shape index (κ2) is 12.5. The number of unbranched alkanes of at least 4 members (excludes halogenated alkanes) is 1. The summed E-state index contributed by atoms with van der Waals surface area (Å²) >= 11 is 0. The third-order valence-electron chi connectivity index (χ3n) is 8.17. The highest BCUT2D eigenvalue weighted by Gasteiger charge is 2.09. The fourth-order valence-electron chi connectivity index (χ4n) is 5.55. The Hall–Kier alpha value is -4.93. The van der Waals surface area contributed by atoms with E-state index in [1.165, 1.54) is 45.9 Å². The quantitative estimate of drug-likeness (QED) is 0.178. The van der Waals surface area contributed by atoms with Crippen LogP contribution in [0, 0.1) is 31.5 Å². The molecule has 0 aliphatic rings. The van der Waals surface area contributed by atoms with Crippen molar-refractivity contribution in [1.29, 1.82) is 0 Å². The van der Waals surface area contributed by atoms with E-state index in [1.807, 2.05) is 25.1 Å². The molecule has 0 N–H and O–H groups in total. The van der Waals surface area contributed by atoms with Gasteiger partial charge in [0.25, 0.3) is 0 Å². The molecule has 210 valence electrons. The molecule has 0 spiro atoms. The number of hydrogen-bond acceptors (Lipinski definition) is 0. The van der Waals surface area contributed by atoms with Crippen molar-refractivity contribution >= 4 is 10.8 Å². The second-order valence-corrected chi connectivity index (χ2v) is 11.4. The Morgan fingerprint density at radius 1 is 0.535 bits per heavy atom. The maximum absolute atomic E-state index is 15.2. The number of benzene rings is 6. The first-order chi connectivity index (χ1) is 21.0. The van der Waals surface area contributed by atoms with E-state index in [1.54, 1.807) is 6.07 Å². The highest BCUT2D eigenvalue weighted by atomic mass is 19.1. The van der Waals surface area contributed by atoms with Crippen LogP contribution in [0.5, 0.6) is 0 Å². The number of halogens is 1. The molecule has 0 saturated carbocycles. The summed E-state index contributed by atoms with van der Waals surface area (Å²) in [6, 6.07) is 42.2. The summed E-state index contributed by atoms with van der Waals surface area (Å²) in [5.41, 5.74) is 11.4. The molecule has 0 nitrogen and oxygen atoms in total. The van der Waals surface area contributed by atoms with Gasteiger partial charge in [-0.2, -0.15) is 0 Å². The molecule has 0 saturated heterocycles. The van der Waals surface area contributed by atoms with Crippen LogP contribution in [0.25, 0.3) is 44.2 Å². The highest BCUT2D eigenvalue weighted by molar-refractivity contribution is 5.91. The smallest absolute Gasteiger partial charge is 0.139 e. The Balaban J connectivity index is 1.20. The number of fused-ring (bicyclic) bond motifs is 1. The average molecular weight is 559 g/mol. The lowest BCUT2D eigenvalue weighted by atomic mass is 9.95. The second-order valence-electron chi connectivity index (χ2n) is 11.4. The van der Waals surface area contributed by atoms with E-state index in [4.69, 9.17) is 0 Å². The van der Waals surface area contributed by atoms with Gasteiger partial charge in [0.2, 0.25) is 0 Å². The summed E-state index contributed by atoms with van der Waals surface area (Å²) in [5.74, 6) is 5.93. The molecule has 6 aromatic rings. The third kappa shape index (κ3) is 6.45. The van der Waals surface area contributed by atoms with E-state index in [0.29, 0.717) is 5.56 Å². The van der Waals surface area contributed by atoms with Crippen LogP contribution >= 0.6 is 0 Å². The van der Waals surface area contributed by atoms with Gasteiger partial charge in [-0.25, -0.2) is 4.39 Å². The summed E-state index contributed by atoms with van der Waals surface area (Å²) in [6.45, 7) is 6.24. The zero-order chi connectivity index (χ0) is 29.8. The van der Waals surface area contributed by atoms with Crippen molar-refractivity contribution < 1.29 is 4.39 Å². The van der Waals surface area contributed by atoms with E-state index in [2.05, 4.69) is 123 Å². The molecule has 0 aliphatic carbocycles. The monoisotopic (exact) mass is 558 g/mol. The van der Waals surface area contributed by atoms with Crippen LogP contribution in [-0.4, -0.2) is 0 Å². The molecule has 0 radical (unpaired) electrons. The van der Waals surface area contributed by atoms with Crippen molar-refractivity contribution in [3.63, 3.8) is 0 Å². The van der Waals surface area contributed by atoms with Crippen LogP contribution in [0.4, 0.5) is 4.39 Å². The average Bonchev–Trinajstić information content (AvgIpc) is 3.04. The molecule has 0 heterocycles. The predicted molar refractivity (Wildman–Crippen MR) is 181 cm³/mol. The molecular weight excluding hydrogens is 523 g/mol. The summed E-state index contributed by atoms with van der Waals surface area (Å²) < 4.78 is 15.2. The van der Waals surface area contributed by atoms with E-state index < -0.39 is 0 Å². The predicted octanol–water partition coefficient (Wildman–Crippen LogP) is 11.3. The fraction of sp³-hybridized carbons (Fsp3) is 0.143. The van der Waals surface area contributed by atoms with Crippen molar-refractivity contribution in [2.45, 2.75) is 40.0 Å². The van der Waals surface area contributed by atoms with Crippen molar-refractivity contribution in [1.82, 2.24) is 0 Å². The molecule has 0 aliphatic heterocycles. The van der Waals surface area contributed by atoms with Crippen LogP contribution < -0.4 is 0 Å². The zero-order valence-corrected chi connectivity index (χ0v) is 25.0. The van der Waals surface area contributed by atoms with E-state index >= 15 is 4.39 Å². The van der Waals surface area contributed by atoms with Gasteiger partial charge in [-0.1, -0.05) is 116 Å². The highest BCUT2D eigenvalue weighted by Crippen LogP contribution is 2.31. The Bertz CT molecular complexity index is 1930. The Labute approximate surface area is 254 Å². The van der Waals surface area contributed by atoms with Gasteiger partial charge in [0.05, 0.1) is 5.56 Å². The molecular formula is C42H35F. The maximum Gasteiger partial charge on any atom is 0.139 e. The van der Waals surface area contributed by atoms with Crippen molar-refractivity contribution in [2.24, 2.45) is 0 Å². The number of hydrogen-bond donors (Lipinski definition) is 0. The van der Waals surface area contributed by atoms with Crippen molar-refractivity contribution in [3.05, 3.63) is 155 Å². The Morgan fingerprint density at radius 2 is 1.07 bits per heavy atom. The molecule has 43 heavy (non-hydrogen) atoms. The van der Waals surface area contributed by atoms with E-state index in [-0.39, 0.29) is 5.82 Å². The molecule has 0 atom stereocenters. The Kier molecular flexibility index (Phi) is 8.21. The van der Waals surface area contributed by atoms with Crippen LogP contribution in [0.1, 0.15) is 47.6 Å². The first-order valence-electron chi connectivity index (χ1n) is 15.1. The van der Waals surface area contributed by atoms with Gasteiger partial charge in [0, 0.05) is 5.56 Å². The van der Waals surface area contributed by atoms with Gasteiger partial charge in [-0.3, -0.25) is 0 Å². The SMILES string of the molecule is CCCCc1ccc(C#Cc2c(C)cc(-c3ccc(-c4ccc5cc(-c6ccc(C)cc6)ccc5c4)cc3)cc2F)cc1. The van der Waals surface area contributed by atoms with Gasteiger partial charge < -0.3 is 0 Å². The minimum Gasteiger partial charge on any atom is -0.206 e. The summed E-state index contributed by atoms with van der Waals surface area (Å²) in [6.07, 6.45) is 3.45. The summed E-state index contributed by atoms with van der Waals surface area (Å²) in [4.78, 5) is 0. The minimum atomic E-state index is -0.286. The van der Waals surface area contributed by atoms with Gasteiger partial charge in [0.15, 0.2) is 0 Å². The molecule has 0 amide bonds. The molecule has 6 aromatic carbocycles. The maximum atomic E-state index is 15.2. The molecule has 0 bridgehead atoms. The first-order valence-corrected chi connectivity index (χ1v) is 15.1. The molecule has 0 unspecified atom stereocenters. The van der Waals surface area contributed by atoms with Gasteiger partial charge in [0.1, 0.15) is 5.82 Å². The first kappa shape index (κ1) is 28.2. The van der Waals surface area contributed by atoms with Crippen LogP contribution in [0.3, 0.4) is 0 Å². The topological polar surface area (TPSA) is 0 Å². The normalized spacial score (nSPS) is 10.9. The molecule has 0 aromatic heterocycles. The fourth-order valence-corrected chi connectivity index (χ4v) is 5.55. The van der Waals surface area contributed by atoms with Crippen LogP contribution in [0.15, 0.2) is 121 Å². The van der Waals surface area contributed by atoms with E-state index in [0.717, 1.165) is 39.8 Å². The van der Waals surface area contributed by atoms with Crippen LogP contribution in [0.2, 0.25) is 0 Å². The minimum absolute atomic E-state index is 0.286. The summed E-state index contributed by atoms with van der Waals surface area (Å²) in [5, 5.41) is 2.43.